The van der Waals surface area contributed by atoms with Crippen LogP contribution < -0.4 is 9.62 Å². The Kier molecular flexibility index (Phi) is 4.73. The number of carbonyl (C=O) groups is 2. The van der Waals surface area contributed by atoms with Crippen molar-refractivity contribution in [2.24, 2.45) is 0 Å². The van der Waals surface area contributed by atoms with Gasteiger partial charge in [0, 0.05) is 27.7 Å². The molecule has 0 atom stereocenters. The van der Waals surface area contributed by atoms with Crippen LogP contribution >= 0.6 is 23.2 Å². The molecule has 1 N–H and O–H groups in total. The van der Waals surface area contributed by atoms with Crippen LogP contribution in [0.15, 0.2) is 42.5 Å². The fraction of sp³-hybridized carbons (Fsp3) is 0.125. The van der Waals surface area contributed by atoms with Crippen LogP contribution in [0.25, 0.3) is 0 Å². The minimum Gasteiger partial charge on any atom is -0.322 e. The van der Waals surface area contributed by atoms with Crippen LogP contribution in [0.3, 0.4) is 0 Å². The highest BCUT2D eigenvalue weighted by atomic mass is 35.5. The summed E-state index contributed by atoms with van der Waals surface area (Å²) >= 11 is 11.8. The molecule has 2 aromatic rings. The van der Waals surface area contributed by atoms with E-state index < -0.39 is 21.8 Å². The number of nitrogens with zero attached hydrogens (tertiary/aromatic N) is 1. The van der Waals surface area contributed by atoms with Crippen molar-refractivity contribution in [3.8, 4) is 0 Å². The average Bonchev–Trinajstić information content (AvgIpc) is 2.79. The maximum atomic E-state index is 12.4. The molecular weight excluding hydrogens is 387 g/mol. The molecule has 1 aliphatic heterocycles. The van der Waals surface area contributed by atoms with Gasteiger partial charge in [-0.2, -0.15) is 0 Å². The number of anilines is 2. The van der Waals surface area contributed by atoms with Gasteiger partial charge in [-0.15, -0.1) is 0 Å². The molecule has 130 valence electrons. The third-order valence-electron chi connectivity index (χ3n) is 3.54. The molecule has 1 aliphatic rings. The molecule has 0 bridgehead atoms. The number of rotatable bonds is 3. The number of halogens is 2. The molecular formula is C16H12Cl2N2O4S. The number of carbonyl (C=O) groups excluding carboxylic acids is 2. The van der Waals surface area contributed by atoms with Crippen LogP contribution in [0.2, 0.25) is 10.0 Å². The third-order valence-corrected chi connectivity index (χ3v) is 5.67. The predicted molar refractivity (Wildman–Crippen MR) is 96.7 cm³/mol. The van der Waals surface area contributed by atoms with Crippen LogP contribution in [0.1, 0.15) is 16.8 Å². The zero-order valence-corrected chi connectivity index (χ0v) is 15.0. The van der Waals surface area contributed by atoms with Crippen molar-refractivity contribution in [3.05, 3.63) is 58.1 Å². The number of benzene rings is 2. The summed E-state index contributed by atoms with van der Waals surface area (Å²) < 4.78 is 24.7. The van der Waals surface area contributed by atoms with Gasteiger partial charge in [0.2, 0.25) is 15.9 Å². The number of hydrogen-bond acceptors (Lipinski definition) is 4. The minimum absolute atomic E-state index is 0.0697. The lowest BCUT2D eigenvalue weighted by molar-refractivity contribution is -0.116. The van der Waals surface area contributed by atoms with Crippen molar-refractivity contribution in [1.29, 1.82) is 0 Å². The van der Waals surface area contributed by atoms with Gasteiger partial charge in [-0.05, 0) is 36.4 Å². The highest BCUT2D eigenvalue weighted by molar-refractivity contribution is 7.94. The van der Waals surface area contributed by atoms with E-state index in [4.69, 9.17) is 23.2 Å². The largest absolute Gasteiger partial charge is 0.322 e. The summed E-state index contributed by atoms with van der Waals surface area (Å²) in [7, 11) is -3.68. The molecule has 0 aromatic heterocycles. The first-order valence-corrected chi connectivity index (χ1v) is 9.56. The summed E-state index contributed by atoms with van der Waals surface area (Å²) in [6, 6.07) is 10.4. The van der Waals surface area contributed by atoms with E-state index >= 15 is 0 Å². The van der Waals surface area contributed by atoms with Crippen molar-refractivity contribution < 1.29 is 18.0 Å². The van der Waals surface area contributed by atoms with Gasteiger partial charge in [-0.25, -0.2) is 12.7 Å². The first kappa shape index (κ1) is 17.7. The van der Waals surface area contributed by atoms with E-state index in [0.717, 1.165) is 4.31 Å². The molecule has 0 aliphatic carbocycles. The number of nitrogens with one attached hydrogen (secondary N) is 1. The summed E-state index contributed by atoms with van der Waals surface area (Å²) in [5.74, 6) is -1.23. The normalized spacial score (nSPS) is 16.1. The molecule has 2 aromatic carbocycles. The Morgan fingerprint density at radius 3 is 2.36 bits per heavy atom. The maximum Gasteiger partial charge on any atom is 0.255 e. The van der Waals surface area contributed by atoms with E-state index in [9.17, 15) is 18.0 Å². The molecule has 0 spiro atoms. The molecule has 0 saturated carbocycles. The highest BCUT2D eigenvalue weighted by Gasteiger charge is 2.36. The van der Waals surface area contributed by atoms with Crippen molar-refractivity contribution in [3.63, 3.8) is 0 Å². The van der Waals surface area contributed by atoms with Crippen LogP contribution in [-0.4, -0.2) is 26.0 Å². The van der Waals surface area contributed by atoms with E-state index in [-0.39, 0.29) is 23.4 Å². The summed E-state index contributed by atoms with van der Waals surface area (Å²) in [5.41, 5.74) is 0.737. The molecule has 3 rings (SSSR count). The van der Waals surface area contributed by atoms with Gasteiger partial charge in [0.15, 0.2) is 0 Å². The number of amides is 2. The second-order valence-corrected chi connectivity index (χ2v) is 8.20. The lowest BCUT2D eigenvalue weighted by atomic mass is 10.1. The first-order valence-electron chi connectivity index (χ1n) is 7.19. The third kappa shape index (κ3) is 3.78. The van der Waals surface area contributed by atoms with Gasteiger partial charge in [0.05, 0.1) is 11.4 Å². The second-order valence-electron chi connectivity index (χ2n) is 5.39. The van der Waals surface area contributed by atoms with Gasteiger partial charge in [-0.3, -0.25) is 9.59 Å². The summed E-state index contributed by atoms with van der Waals surface area (Å²) in [5, 5.41) is 3.36. The monoisotopic (exact) mass is 398 g/mol. The Hall–Kier alpha value is -2.09. The number of sulfonamides is 1. The molecule has 0 radical (unpaired) electrons. The van der Waals surface area contributed by atoms with E-state index in [1.54, 1.807) is 0 Å². The minimum atomic E-state index is -3.68. The Bertz CT molecular complexity index is 956. The van der Waals surface area contributed by atoms with Gasteiger partial charge >= 0.3 is 0 Å². The molecule has 1 saturated heterocycles. The smallest absolute Gasteiger partial charge is 0.255 e. The summed E-state index contributed by atoms with van der Waals surface area (Å²) in [4.78, 5) is 24.3. The highest BCUT2D eigenvalue weighted by Crippen LogP contribution is 2.27. The predicted octanol–water partition coefficient (Wildman–Crippen LogP) is 3.31. The van der Waals surface area contributed by atoms with Gasteiger partial charge in [0.25, 0.3) is 5.91 Å². The van der Waals surface area contributed by atoms with E-state index in [1.807, 2.05) is 0 Å². The van der Waals surface area contributed by atoms with E-state index in [0.29, 0.717) is 15.7 Å². The summed E-state index contributed by atoms with van der Waals surface area (Å²) in [6.07, 6.45) is -0.0697. The van der Waals surface area contributed by atoms with Gasteiger partial charge in [-0.1, -0.05) is 29.3 Å². The van der Waals surface area contributed by atoms with Crippen molar-refractivity contribution in [2.45, 2.75) is 6.42 Å². The first-order chi connectivity index (χ1) is 11.8. The Morgan fingerprint density at radius 1 is 1.08 bits per heavy atom. The SMILES string of the molecule is O=C(Nc1cc(Cl)cc(Cl)c1)c1cccc(N2C(=O)CCS2(=O)=O)c1. The van der Waals surface area contributed by atoms with Crippen molar-refractivity contribution >= 4 is 56.4 Å². The second kappa shape index (κ2) is 6.67. The zero-order chi connectivity index (χ0) is 18.2. The van der Waals surface area contributed by atoms with Crippen LogP contribution in [0.5, 0.6) is 0 Å². The summed E-state index contributed by atoms with van der Waals surface area (Å²) in [6.45, 7) is 0. The number of hydrogen-bond donors (Lipinski definition) is 1. The zero-order valence-electron chi connectivity index (χ0n) is 12.7. The molecule has 1 fully saturated rings. The maximum absolute atomic E-state index is 12.4. The molecule has 25 heavy (non-hydrogen) atoms. The van der Waals surface area contributed by atoms with Crippen molar-refractivity contribution in [1.82, 2.24) is 0 Å². The molecule has 9 heteroatoms. The average molecular weight is 399 g/mol. The molecule has 6 nitrogen and oxygen atoms in total. The van der Waals surface area contributed by atoms with Crippen LogP contribution in [0, 0.1) is 0 Å². The fourth-order valence-corrected chi connectivity index (χ4v) is 4.45. The Labute approximate surface area is 154 Å². The topological polar surface area (TPSA) is 83.6 Å². The van der Waals surface area contributed by atoms with Gasteiger partial charge in [0.1, 0.15) is 0 Å². The molecule has 2 amide bonds. The van der Waals surface area contributed by atoms with Crippen LogP contribution in [0.4, 0.5) is 11.4 Å². The lowest BCUT2D eigenvalue weighted by Gasteiger charge is -2.15. The van der Waals surface area contributed by atoms with E-state index in [2.05, 4.69) is 5.32 Å². The fourth-order valence-electron chi connectivity index (χ4n) is 2.47. The van der Waals surface area contributed by atoms with Crippen molar-refractivity contribution in [2.75, 3.05) is 15.4 Å². The molecule has 0 unspecified atom stereocenters. The van der Waals surface area contributed by atoms with Gasteiger partial charge < -0.3 is 5.32 Å². The molecule has 1 heterocycles. The lowest BCUT2D eigenvalue weighted by Crippen LogP contribution is -2.29. The Morgan fingerprint density at radius 2 is 1.76 bits per heavy atom. The van der Waals surface area contributed by atoms with E-state index in [1.165, 1.54) is 42.5 Å². The standard InChI is InChI=1S/C16H12Cl2N2O4S/c17-11-7-12(18)9-13(8-11)19-16(22)10-2-1-3-14(6-10)20-15(21)4-5-25(20,23)24/h1-3,6-9H,4-5H2,(H,19,22). The quantitative estimate of drug-likeness (QED) is 0.859. The van der Waals surface area contributed by atoms with Crippen LogP contribution in [-0.2, 0) is 14.8 Å². The Balaban J connectivity index is 1.88.